The number of H-pyrrole nitrogens is 1. The van der Waals surface area contributed by atoms with Crippen LogP contribution in [0, 0.1) is 0 Å². The molecule has 0 aliphatic carbocycles. The van der Waals surface area contributed by atoms with Crippen molar-refractivity contribution >= 4 is 33.6 Å². The third-order valence-corrected chi connectivity index (χ3v) is 4.97. The Balaban J connectivity index is 1.24. The molecule has 0 fully saturated rings. The highest BCUT2D eigenvalue weighted by atomic mass is 16.5. The predicted molar refractivity (Wildman–Crippen MR) is 114 cm³/mol. The number of ether oxygens (including phenoxy) is 1. The van der Waals surface area contributed by atoms with Gasteiger partial charge >= 0.3 is 5.97 Å². The summed E-state index contributed by atoms with van der Waals surface area (Å²) in [6, 6.07) is 21.8. The number of esters is 1. The third-order valence-electron chi connectivity index (χ3n) is 4.97. The second-order valence-electron chi connectivity index (χ2n) is 6.94. The van der Waals surface area contributed by atoms with E-state index in [2.05, 4.69) is 16.4 Å². The van der Waals surface area contributed by atoms with Crippen molar-refractivity contribution in [3.8, 4) is 0 Å². The van der Waals surface area contributed by atoms with Crippen LogP contribution >= 0.6 is 0 Å². The first-order chi connectivity index (χ1) is 14.2. The van der Waals surface area contributed by atoms with Gasteiger partial charge in [-0.1, -0.05) is 60.7 Å². The van der Waals surface area contributed by atoms with Crippen molar-refractivity contribution in [3.05, 3.63) is 84.1 Å². The monoisotopic (exact) mass is 386 g/mol. The third kappa shape index (κ3) is 4.46. The minimum atomic E-state index is -0.409. The van der Waals surface area contributed by atoms with Crippen molar-refractivity contribution in [2.45, 2.75) is 12.8 Å². The van der Waals surface area contributed by atoms with Gasteiger partial charge in [-0.05, 0) is 34.4 Å². The molecule has 0 saturated carbocycles. The molecule has 3 aromatic carbocycles. The Hall–Kier alpha value is -3.60. The van der Waals surface area contributed by atoms with Gasteiger partial charge in [-0.15, -0.1) is 0 Å². The van der Waals surface area contributed by atoms with E-state index in [1.54, 1.807) is 0 Å². The van der Waals surface area contributed by atoms with E-state index < -0.39 is 5.97 Å². The SMILES string of the molecule is O=C(COC(=O)Cc1cccc2ccccc12)NCCc1c[nH]c2ccccc12. The fourth-order valence-corrected chi connectivity index (χ4v) is 3.53. The molecule has 0 saturated heterocycles. The maximum Gasteiger partial charge on any atom is 0.310 e. The normalized spacial score (nSPS) is 10.9. The Morgan fingerprint density at radius 1 is 0.862 bits per heavy atom. The van der Waals surface area contributed by atoms with E-state index in [-0.39, 0.29) is 18.9 Å². The molecule has 29 heavy (non-hydrogen) atoms. The van der Waals surface area contributed by atoms with E-state index in [1.807, 2.05) is 66.9 Å². The molecular formula is C24H22N2O3. The first-order valence-electron chi connectivity index (χ1n) is 9.64. The Bertz CT molecular complexity index is 1160. The van der Waals surface area contributed by atoms with Crippen molar-refractivity contribution < 1.29 is 14.3 Å². The van der Waals surface area contributed by atoms with Gasteiger partial charge in [-0.3, -0.25) is 9.59 Å². The molecule has 0 radical (unpaired) electrons. The fraction of sp³-hybridized carbons (Fsp3) is 0.167. The molecule has 0 atom stereocenters. The lowest BCUT2D eigenvalue weighted by atomic mass is 10.0. The van der Waals surface area contributed by atoms with E-state index in [0.717, 1.165) is 32.8 Å². The second-order valence-corrected chi connectivity index (χ2v) is 6.94. The van der Waals surface area contributed by atoms with Gasteiger partial charge < -0.3 is 15.0 Å². The second kappa shape index (κ2) is 8.61. The zero-order valence-corrected chi connectivity index (χ0v) is 16.0. The lowest BCUT2D eigenvalue weighted by Crippen LogP contribution is -2.30. The molecule has 1 heterocycles. The predicted octanol–water partition coefficient (Wildman–Crippen LogP) is 3.77. The van der Waals surface area contributed by atoms with Crippen molar-refractivity contribution in [3.63, 3.8) is 0 Å². The van der Waals surface area contributed by atoms with Gasteiger partial charge in [0, 0.05) is 23.6 Å². The number of carbonyl (C=O) groups is 2. The minimum Gasteiger partial charge on any atom is -0.455 e. The summed E-state index contributed by atoms with van der Waals surface area (Å²) in [6.45, 7) is 0.221. The molecule has 0 unspecified atom stereocenters. The summed E-state index contributed by atoms with van der Waals surface area (Å²) in [7, 11) is 0. The van der Waals surface area contributed by atoms with E-state index in [0.29, 0.717) is 13.0 Å². The Morgan fingerprint density at radius 2 is 1.62 bits per heavy atom. The van der Waals surface area contributed by atoms with Gasteiger partial charge in [0.05, 0.1) is 6.42 Å². The molecule has 2 N–H and O–H groups in total. The quantitative estimate of drug-likeness (QED) is 0.475. The number of rotatable bonds is 7. The number of amides is 1. The number of fused-ring (bicyclic) bond motifs is 2. The molecule has 146 valence electrons. The zero-order valence-electron chi connectivity index (χ0n) is 16.0. The average Bonchev–Trinajstić information content (AvgIpc) is 3.16. The average molecular weight is 386 g/mol. The number of aromatic amines is 1. The van der Waals surface area contributed by atoms with Crippen LogP contribution in [-0.4, -0.2) is 30.0 Å². The first-order valence-corrected chi connectivity index (χ1v) is 9.64. The van der Waals surface area contributed by atoms with Crippen LogP contribution in [0.25, 0.3) is 21.7 Å². The number of benzene rings is 3. The fourth-order valence-electron chi connectivity index (χ4n) is 3.53. The van der Waals surface area contributed by atoms with Crippen molar-refractivity contribution in [2.75, 3.05) is 13.2 Å². The summed E-state index contributed by atoms with van der Waals surface area (Å²) in [6.07, 6.45) is 2.81. The van der Waals surface area contributed by atoms with Crippen LogP contribution in [0.5, 0.6) is 0 Å². The zero-order chi connectivity index (χ0) is 20.1. The smallest absolute Gasteiger partial charge is 0.310 e. The maximum absolute atomic E-state index is 12.2. The van der Waals surface area contributed by atoms with E-state index in [1.165, 1.54) is 0 Å². The number of para-hydroxylation sites is 1. The number of hydrogen-bond donors (Lipinski definition) is 2. The van der Waals surface area contributed by atoms with Gasteiger partial charge in [-0.25, -0.2) is 0 Å². The molecule has 0 aliphatic rings. The van der Waals surface area contributed by atoms with Gasteiger partial charge in [0.15, 0.2) is 6.61 Å². The van der Waals surface area contributed by atoms with Gasteiger partial charge in [0.1, 0.15) is 0 Å². The summed E-state index contributed by atoms with van der Waals surface area (Å²) in [5.74, 6) is -0.704. The Morgan fingerprint density at radius 3 is 2.52 bits per heavy atom. The van der Waals surface area contributed by atoms with Crippen LogP contribution < -0.4 is 5.32 Å². The number of carbonyl (C=O) groups excluding carboxylic acids is 2. The highest BCUT2D eigenvalue weighted by molar-refractivity contribution is 5.89. The lowest BCUT2D eigenvalue weighted by molar-refractivity contribution is -0.147. The summed E-state index contributed by atoms with van der Waals surface area (Å²) in [5, 5.41) is 6.06. The van der Waals surface area contributed by atoms with Crippen LogP contribution in [0.4, 0.5) is 0 Å². The molecule has 1 aromatic heterocycles. The van der Waals surface area contributed by atoms with Crippen LogP contribution in [0.3, 0.4) is 0 Å². The van der Waals surface area contributed by atoms with Crippen molar-refractivity contribution in [1.82, 2.24) is 10.3 Å². The molecular weight excluding hydrogens is 364 g/mol. The first kappa shape index (κ1) is 18.7. The summed E-state index contributed by atoms with van der Waals surface area (Å²) < 4.78 is 5.16. The molecule has 5 nitrogen and oxygen atoms in total. The molecule has 0 aliphatic heterocycles. The highest BCUT2D eigenvalue weighted by Gasteiger charge is 2.11. The molecule has 0 bridgehead atoms. The summed E-state index contributed by atoms with van der Waals surface area (Å²) >= 11 is 0. The number of aromatic nitrogens is 1. The summed E-state index contributed by atoms with van der Waals surface area (Å²) in [5.41, 5.74) is 3.12. The minimum absolute atomic E-state index is 0.143. The van der Waals surface area contributed by atoms with Crippen molar-refractivity contribution in [1.29, 1.82) is 0 Å². The van der Waals surface area contributed by atoms with E-state index >= 15 is 0 Å². The maximum atomic E-state index is 12.2. The van der Waals surface area contributed by atoms with Crippen LogP contribution in [0.1, 0.15) is 11.1 Å². The molecule has 5 heteroatoms. The standard InChI is InChI=1S/C24H22N2O3/c27-23(25-13-12-19-15-26-22-11-4-3-10-21(19)22)16-29-24(28)14-18-8-5-7-17-6-1-2-9-20(17)18/h1-11,15,26H,12-14,16H2,(H,25,27). The summed E-state index contributed by atoms with van der Waals surface area (Å²) in [4.78, 5) is 27.4. The Labute approximate surface area is 168 Å². The Kier molecular flexibility index (Phi) is 5.56. The largest absolute Gasteiger partial charge is 0.455 e. The van der Waals surface area contributed by atoms with Gasteiger partial charge in [0.25, 0.3) is 5.91 Å². The highest BCUT2D eigenvalue weighted by Crippen LogP contribution is 2.19. The van der Waals surface area contributed by atoms with E-state index in [4.69, 9.17) is 4.74 Å². The number of hydrogen-bond acceptors (Lipinski definition) is 3. The van der Waals surface area contributed by atoms with Gasteiger partial charge in [0.2, 0.25) is 0 Å². The van der Waals surface area contributed by atoms with Crippen LogP contribution in [0.15, 0.2) is 72.9 Å². The van der Waals surface area contributed by atoms with Gasteiger partial charge in [-0.2, -0.15) is 0 Å². The molecule has 1 amide bonds. The molecule has 4 aromatic rings. The molecule has 4 rings (SSSR count). The van der Waals surface area contributed by atoms with Crippen molar-refractivity contribution in [2.24, 2.45) is 0 Å². The van der Waals surface area contributed by atoms with Crippen LogP contribution in [0.2, 0.25) is 0 Å². The number of nitrogens with one attached hydrogen (secondary N) is 2. The van der Waals surface area contributed by atoms with Crippen LogP contribution in [-0.2, 0) is 27.2 Å². The lowest BCUT2D eigenvalue weighted by Gasteiger charge is -2.08. The van der Waals surface area contributed by atoms with E-state index in [9.17, 15) is 9.59 Å². The molecule has 0 spiro atoms. The topological polar surface area (TPSA) is 71.2 Å².